The summed E-state index contributed by atoms with van der Waals surface area (Å²) in [4.78, 5) is 11.4. The quantitative estimate of drug-likeness (QED) is 0.706. The highest BCUT2D eigenvalue weighted by atomic mass is 16.3. The first-order valence-corrected chi connectivity index (χ1v) is 4.51. The van der Waals surface area contributed by atoms with Crippen LogP contribution in [0.4, 0.5) is 0 Å². The van der Waals surface area contributed by atoms with Gasteiger partial charge in [0.05, 0.1) is 11.8 Å². The van der Waals surface area contributed by atoms with Gasteiger partial charge in [0.25, 0.3) is 0 Å². The molecule has 1 heterocycles. The minimum atomic E-state index is 0.134. The molecule has 0 spiro atoms. The van der Waals surface area contributed by atoms with E-state index >= 15 is 0 Å². The average Bonchev–Trinajstić information content (AvgIpc) is 2.55. The van der Waals surface area contributed by atoms with Crippen LogP contribution in [0.2, 0.25) is 0 Å². The van der Waals surface area contributed by atoms with Crippen molar-refractivity contribution in [2.75, 3.05) is 0 Å². The van der Waals surface area contributed by atoms with E-state index < -0.39 is 0 Å². The number of hydrogen-bond donors (Lipinski definition) is 1. The van der Waals surface area contributed by atoms with E-state index in [2.05, 4.69) is 0 Å². The molecule has 0 saturated heterocycles. The number of furan rings is 1. The predicted octanol–water partition coefficient (Wildman–Crippen LogP) is 1.98. The molecule has 0 aliphatic carbocycles. The van der Waals surface area contributed by atoms with E-state index in [4.69, 9.17) is 10.2 Å². The molecular weight excluding hydrogens is 166 g/mol. The van der Waals surface area contributed by atoms with Gasteiger partial charge < -0.3 is 10.2 Å². The summed E-state index contributed by atoms with van der Waals surface area (Å²) < 4.78 is 4.82. The van der Waals surface area contributed by atoms with Crippen LogP contribution in [0.5, 0.6) is 0 Å². The summed E-state index contributed by atoms with van der Waals surface area (Å²) in [5.41, 5.74) is 6.22. The largest absolute Gasteiger partial charge is 0.472 e. The molecule has 72 valence electrons. The van der Waals surface area contributed by atoms with Gasteiger partial charge in [0, 0.05) is 12.5 Å². The molecule has 0 amide bonds. The maximum absolute atomic E-state index is 11.4. The first kappa shape index (κ1) is 9.99. The zero-order chi connectivity index (χ0) is 9.68. The third-order valence-corrected chi connectivity index (χ3v) is 1.91. The maximum atomic E-state index is 11.4. The Kier molecular flexibility index (Phi) is 3.71. The molecule has 0 saturated carbocycles. The second kappa shape index (κ2) is 4.82. The molecule has 13 heavy (non-hydrogen) atoms. The second-order valence-electron chi connectivity index (χ2n) is 3.30. The van der Waals surface area contributed by atoms with Gasteiger partial charge in [-0.25, -0.2) is 0 Å². The minimum absolute atomic E-state index is 0.134. The van der Waals surface area contributed by atoms with Gasteiger partial charge in [0.2, 0.25) is 0 Å². The molecule has 1 aromatic heterocycles. The zero-order valence-corrected chi connectivity index (χ0v) is 7.82. The normalized spacial score (nSPS) is 12.8. The highest BCUT2D eigenvalue weighted by molar-refractivity contribution is 5.95. The van der Waals surface area contributed by atoms with Gasteiger partial charge in [-0.3, -0.25) is 4.79 Å². The van der Waals surface area contributed by atoms with E-state index in [1.54, 1.807) is 6.07 Å². The maximum Gasteiger partial charge on any atom is 0.166 e. The fourth-order valence-corrected chi connectivity index (χ4v) is 1.15. The van der Waals surface area contributed by atoms with Gasteiger partial charge in [-0.2, -0.15) is 0 Å². The van der Waals surface area contributed by atoms with Gasteiger partial charge in [-0.05, 0) is 25.8 Å². The van der Waals surface area contributed by atoms with Crippen LogP contribution in [0, 0.1) is 0 Å². The standard InChI is InChI=1S/C10H15NO2/c1-8(11)3-2-4-10(12)9-5-6-13-7-9/h5-8H,2-4,11H2,1H3. The molecule has 3 nitrogen and oxygen atoms in total. The van der Waals surface area contributed by atoms with Crippen LogP contribution >= 0.6 is 0 Å². The van der Waals surface area contributed by atoms with E-state index in [0.29, 0.717) is 12.0 Å². The minimum Gasteiger partial charge on any atom is -0.472 e. The van der Waals surface area contributed by atoms with E-state index in [0.717, 1.165) is 12.8 Å². The number of nitrogens with two attached hydrogens (primary N) is 1. The van der Waals surface area contributed by atoms with Gasteiger partial charge >= 0.3 is 0 Å². The molecular formula is C10H15NO2. The van der Waals surface area contributed by atoms with Crippen molar-refractivity contribution in [3.05, 3.63) is 24.2 Å². The van der Waals surface area contributed by atoms with Crippen LogP contribution in [0.15, 0.2) is 23.0 Å². The molecule has 0 radical (unpaired) electrons. The Bertz CT molecular complexity index is 252. The van der Waals surface area contributed by atoms with Crippen molar-refractivity contribution in [1.82, 2.24) is 0 Å². The number of Topliss-reactive ketones (excluding diaryl/α,β-unsaturated/α-hetero) is 1. The lowest BCUT2D eigenvalue weighted by Crippen LogP contribution is -2.14. The second-order valence-corrected chi connectivity index (χ2v) is 3.30. The number of ketones is 1. The number of rotatable bonds is 5. The number of carbonyl (C=O) groups excluding carboxylic acids is 1. The SMILES string of the molecule is CC(N)CCCC(=O)c1ccoc1. The summed E-state index contributed by atoms with van der Waals surface area (Å²) in [5, 5.41) is 0. The van der Waals surface area contributed by atoms with Crippen LogP contribution in [0.1, 0.15) is 36.5 Å². The lowest BCUT2D eigenvalue weighted by molar-refractivity contribution is 0.0978. The number of hydrogen-bond acceptors (Lipinski definition) is 3. The van der Waals surface area contributed by atoms with Crippen molar-refractivity contribution in [3.8, 4) is 0 Å². The Labute approximate surface area is 77.9 Å². The Morgan fingerprint density at radius 2 is 2.46 bits per heavy atom. The Hall–Kier alpha value is -1.09. The van der Waals surface area contributed by atoms with Gasteiger partial charge in [0.1, 0.15) is 6.26 Å². The molecule has 3 heteroatoms. The van der Waals surface area contributed by atoms with E-state index in [9.17, 15) is 4.79 Å². The van der Waals surface area contributed by atoms with E-state index in [1.807, 2.05) is 6.92 Å². The topological polar surface area (TPSA) is 56.2 Å². The summed E-state index contributed by atoms with van der Waals surface area (Å²) in [6, 6.07) is 1.87. The first-order valence-electron chi connectivity index (χ1n) is 4.51. The van der Waals surface area contributed by atoms with E-state index in [-0.39, 0.29) is 11.8 Å². The van der Waals surface area contributed by atoms with Crippen LogP contribution in [0.3, 0.4) is 0 Å². The monoisotopic (exact) mass is 181 g/mol. The molecule has 1 rings (SSSR count). The molecule has 0 aromatic carbocycles. The highest BCUT2D eigenvalue weighted by Gasteiger charge is 2.06. The van der Waals surface area contributed by atoms with Crippen molar-refractivity contribution in [1.29, 1.82) is 0 Å². The van der Waals surface area contributed by atoms with Crippen LogP contribution in [0.25, 0.3) is 0 Å². The molecule has 0 aliphatic heterocycles. The van der Waals surface area contributed by atoms with Crippen LogP contribution in [-0.4, -0.2) is 11.8 Å². The fraction of sp³-hybridized carbons (Fsp3) is 0.500. The smallest absolute Gasteiger partial charge is 0.166 e. The molecule has 1 unspecified atom stereocenters. The summed E-state index contributed by atoms with van der Waals surface area (Å²) >= 11 is 0. The van der Waals surface area contributed by atoms with Crippen LogP contribution < -0.4 is 5.73 Å². The fourth-order valence-electron chi connectivity index (χ4n) is 1.15. The molecule has 2 N–H and O–H groups in total. The number of carbonyl (C=O) groups is 1. The van der Waals surface area contributed by atoms with Gasteiger partial charge in [-0.15, -0.1) is 0 Å². The summed E-state index contributed by atoms with van der Waals surface area (Å²) in [6.45, 7) is 1.95. The lowest BCUT2D eigenvalue weighted by Gasteiger charge is -2.02. The Balaban J connectivity index is 2.27. The van der Waals surface area contributed by atoms with Crippen molar-refractivity contribution in [2.24, 2.45) is 5.73 Å². The molecule has 0 fully saturated rings. The molecule has 0 aliphatic rings. The van der Waals surface area contributed by atoms with Crippen molar-refractivity contribution >= 4 is 5.78 Å². The lowest BCUT2D eigenvalue weighted by atomic mass is 10.1. The molecule has 0 bridgehead atoms. The first-order chi connectivity index (χ1) is 6.20. The van der Waals surface area contributed by atoms with Crippen molar-refractivity contribution in [3.63, 3.8) is 0 Å². The summed E-state index contributed by atoms with van der Waals surface area (Å²) in [5.74, 6) is 0.134. The van der Waals surface area contributed by atoms with Crippen molar-refractivity contribution < 1.29 is 9.21 Å². The van der Waals surface area contributed by atoms with E-state index in [1.165, 1.54) is 12.5 Å². The molecule has 1 atom stereocenters. The third kappa shape index (κ3) is 3.42. The summed E-state index contributed by atoms with van der Waals surface area (Å²) in [7, 11) is 0. The Morgan fingerprint density at radius 3 is 3.00 bits per heavy atom. The van der Waals surface area contributed by atoms with Gasteiger partial charge in [-0.1, -0.05) is 0 Å². The molecule has 1 aromatic rings. The van der Waals surface area contributed by atoms with Gasteiger partial charge in [0.15, 0.2) is 5.78 Å². The Morgan fingerprint density at radius 1 is 1.69 bits per heavy atom. The summed E-state index contributed by atoms with van der Waals surface area (Å²) in [6.07, 6.45) is 5.29. The highest BCUT2D eigenvalue weighted by Crippen LogP contribution is 2.07. The third-order valence-electron chi connectivity index (χ3n) is 1.91. The van der Waals surface area contributed by atoms with Crippen LogP contribution in [-0.2, 0) is 0 Å². The predicted molar refractivity (Wildman–Crippen MR) is 50.5 cm³/mol. The van der Waals surface area contributed by atoms with Crippen molar-refractivity contribution in [2.45, 2.75) is 32.2 Å². The zero-order valence-electron chi connectivity index (χ0n) is 7.82. The average molecular weight is 181 g/mol.